The first-order valence-electron chi connectivity index (χ1n) is 11.7. The molecule has 0 saturated carbocycles. The summed E-state index contributed by atoms with van der Waals surface area (Å²) in [5.41, 5.74) is 2.53. The molecule has 0 saturated heterocycles. The maximum atomic E-state index is 13.9. The monoisotopic (exact) mass is 474 g/mol. The first kappa shape index (κ1) is 24.3. The van der Waals surface area contributed by atoms with Crippen molar-refractivity contribution in [3.8, 4) is 17.6 Å². The lowest BCUT2D eigenvalue weighted by atomic mass is 10.0. The SMILES string of the molecule is CCCCCOc1cnc(CCc2ccc(C#Cc3ccc4c(F)c(F)c(F)cc4c3)cc2)nc1. The van der Waals surface area contributed by atoms with Gasteiger partial charge in [0.05, 0.1) is 19.0 Å². The molecular weight excluding hydrogens is 449 g/mol. The summed E-state index contributed by atoms with van der Waals surface area (Å²) in [6, 6.07) is 13.4. The highest BCUT2D eigenvalue weighted by Crippen LogP contribution is 2.24. The Morgan fingerprint density at radius 1 is 0.800 bits per heavy atom. The maximum Gasteiger partial charge on any atom is 0.195 e. The lowest BCUT2D eigenvalue weighted by molar-refractivity contribution is 0.303. The smallest absolute Gasteiger partial charge is 0.195 e. The van der Waals surface area contributed by atoms with Crippen LogP contribution in [-0.4, -0.2) is 16.6 Å². The van der Waals surface area contributed by atoms with Gasteiger partial charge in [0.15, 0.2) is 23.2 Å². The highest BCUT2D eigenvalue weighted by atomic mass is 19.2. The van der Waals surface area contributed by atoms with Gasteiger partial charge in [0, 0.05) is 22.9 Å². The zero-order valence-electron chi connectivity index (χ0n) is 19.5. The molecule has 0 aliphatic rings. The van der Waals surface area contributed by atoms with E-state index in [1.54, 1.807) is 24.5 Å². The summed E-state index contributed by atoms with van der Waals surface area (Å²) in [7, 11) is 0. The van der Waals surface area contributed by atoms with Gasteiger partial charge in [-0.25, -0.2) is 23.1 Å². The zero-order valence-corrected chi connectivity index (χ0v) is 19.5. The van der Waals surface area contributed by atoms with Gasteiger partial charge in [-0.05, 0) is 54.1 Å². The van der Waals surface area contributed by atoms with Crippen LogP contribution in [0.3, 0.4) is 0 Å². The predicted molar refractivity (Wildman–Crippen MR) is 131 cm³/mol. The second-order valence-corrected chi connectivity index (χ2v) is 8.26. The third kappa shape index (κ3) is 6.39. The van der Waals surface area contributed by atoms with Crippen LogP contribution in [0.1, 0.15) is 48.7 Å². The van der Waals surface area contributed by atoms with Gasteiger partial charge in [0.25, 0.3) is 0 Å². The second kappa shape index (κ2) is 11.5. The minimum Gasteiger partial charge on any atom is -0.490 e. The number of benzene rings is 3. The summed E-state index contributed by atoms with van der Waals surface area (Å²) in [4.78, 5) is 8.77. The molecular formula is C29H25F3N2O. The molecule has 6 heteroatoms. The van der Waals surface area contributed by atoms with Crippen molar-refractivity contribution < 1.29 is 17.9 Å². The normalized spacial score (nSPS) is 10.7. The maximum absolute atomic E-state index is 13.9. The van der Waals surface area contributed by atoms with Crippen molar-refractivity contribution >= 4 is 10.8 Å². The Hall–Kier alpha value is -3.85. The molecule has 0 aliphatic carbocycles. The molecule has 0 amide bonds. The molecule has 0 N–H and O–H groups in total. The Bertz CT molecular complexity index is 1360. The van der Waals surface area contributed by atoms with E-state index < -0.39 is 17.5 Å². The summed E-state index contributed by atoms with van der Waals surface area (Å²) in [6.07, 6.45) is 8.29. The average molecular weight is 475 g/mol. The fraction of sp³-hybridized carbons (Fsp3) is 0.241. The van der Waals surface area contributed by atoms with Gasteiger partial charge in [-0.15, -0.1) is 0 Å². The van der Waals surface area contributed by atoms with Crippen LogP contribution in [0.2, 0.25) is 0 Å². The number of fused-ring (bicyclic) bond motifs is 1. The van der Waals surface area contributed by atoms with Crippen LogP contribution in [0.15, 0.2) is 60.9 Å². The molecule has 178 valence electrons. The van der Waals surface area contributed by atoms with Gasteiger partial charge in [-0.3, -0.25) is 0 Å². The fourth-order valence-electron chi connectivity index (χ4n) is 3.63. The topological polar surface area (TPSA) is 35.0 Å². The van der Waals surface area contributed by atoms with Crippen molar-refractivity contribution in [3.05, 3.63) is 101 Å². The highest BCUT2D eigenvalue weighted by molar-refractivity contribution is 5.84. The number of hydrogen-bond donors (Lipinski definition) is 0. The first-order valence-corrected chi connectivity index (χ1v) is 11.7. The van der Waals surface area contributed by atoms with Crippen molar-refractivity contribution in [1.29, 1.82) is 0 Å². The van der Waals surface area contributed by atoms with Gasteiger partial charge >= 0.3 is 0 Å². The molecule has 0 unspecified atom stereocenters. The number of aryl methyl sites for hydroxylation is 2. The zero-order chi connectivity index (χ0) is 24.6. The number of unbranched alkanes of at least 4 members (excludes halogenated alkanes) is 2. The number of halogens is 3. The summed E-state index contributed by atoms with van der Waals surface area (Å²) >= 11 is 0. The summed E-state index contributed by atoms with van der Waals surface area (Å²) in [5, 5.41) is 0.291. The molecule has 0 fully saturated rings. The third-order valence-corrected chi connectivity index (χ3v) is 5.61. The van der Waals surface area contributed by atoms with Crippen molar-refractivity contribution in [2.45, 2.75) is 39.0 Å². The molecule has 4 aromatic rings. The molecule has 1 heterocycles. The van der Waals surface area contributed by atoms with E-state index in [-0.39, 0.29) is 10.8 Å². The number of rotatable bonds is 8. The molecule has 0 atom stereocenters. The minimum atomic E-state index is -1.47. The molecule has 4 rings (SSSR count). The van der Waals surface area contributed by atoms with E-state index in [1.165, 1.54) is 6.07 Å². The lowest BCUT2D eigenvalue weighted by Gasteiger charge is -2.06. The van der Waals surface area contributed by atoms with Crippen LogP contribution in [0.4, 0.5) is 13.2 Å². The summed E-state index contributed by atoms with van der Waals surface area (Å²) < 4.78 is 46.4. The Morgan fingerprint density at radius 3 is 2.26 bits per heavy atom. The van der Waals surface area contributed by atoms with Crippen LogP contribution in [0.5, 0.6) is 5.75 Å². The number of ether oxygens (including phenoxy) is 1. The van der Waals surface area contributed by atoms with E-state index in [2.05, 4.69) is 28.7 Å². The van der Waals surface area contributed by atoms with Crippen molar-refractivity contribution in [2.75, 3.05) is 6.61 Å². The minimum absolute atomic E-state index is 0.0249. The number of aromatic nitrogens is 2. The molecule has 3 nitrogen and oxygen atoms in total. The Morgan fingerprint density at radius 2 is 1.51 bits per heavy atom. The van der Waals surface area contributed by atoms with E-state index in [1.807, 2.05) is 24.3 Å². The van der Waals surface area contributed by atoms with Crippen molar-refractivity contribution in [3.63, 3.8) is 0 Å². The van der Waals surface area contributed by atoms with Gasteiger partial charge in [0.1, 0.15) is 5.82 Å². The van der Waals surface area contributed by atoms with Gasteiger partial charge < -0.3 is 4.74 Å². The van der Waals surface area contributed by atoms with E-state index in [9.17, 15) is 13.2 Å². The molecule has 0 radical (unpaired) electrons. The Balaban J connectivity index is 1.34. The van der Waals surface area contributed by atoms with Gasteiger partial charge in [-0.1, -0.05) is 49.8 Å². The van der Waals surface area contributed by atoms with Gasteiger partial charge in [0.2, 0.25) is 0 Å². The Kier molecular flexibility index (Phi) is 7.99. The number of hydrogen-bond acceptors (Lipinski definition) is 3. The molecule has 0 spiro atoms. The quantitative estimate of drug-likeness (QED) is 0.160. The molecule has 0 bridgehead atoms. The molecule has 35 heavy (non-hydrogen) atoms. The predicted octanol–water partition coefficient (Wildman–Crippen LogP) is 6.80. The Labute approximate surface area is 203 Å². The van der Waals surface area contributed by atoms with E-state index in [0.29, 0.717) is 24.3 Å². The molecule has 3 aromatic carbocycles. The summed E-state index contributed by atoms with van der Waals surface area (Å²) in [5.74, 6) is 3.63. The van der Waals surface area contributed by atoms with E-state index >= 15 is 0 Å². The molecule has 1 aromatic heterocycles. The second-order valence-electron chi connectivity index (χ2n) is 8.26. The lowest BCUT2D eigenvalue weighted by Crippen LogP contribution is -2.01. The fourth-order valence-corrected chi connectivity index (χ4v) is 3.63. The van der Waals surface area contributed by atoms with Crippen molar-refractivity contribution in [2.24, 2.45) is 0 Å². The van der Waals surface area contributed by atoms with Crippen LogP contribution < -0.4 is 4.74 Å². The average Bonchev–Trinajstić information content (AvgIpc) is 2.88. The van der Waals surface area contributed by atoms with Gasteiger partial charge in [-0.2, -0.15) is 0 Å². The third-order valence-electron chi connectivity index (χ3n) is 5.61. The first-order chi connectivity index (χ1) is 17.0. The van der Waals surface area contributed by atoms with Crippen LogP contribution in [0.25, 0.3) is 10.8 Å². The van der Waals surface area contributed by atoms with Crippen LogP contribution in [-0.2, 0) is 12.8 Å². The van der Waals surface area contributed by atoms with Crippen molar-refractivity contribution in [1.82, 2.24) is 9.97 Å². The molecule has 0 aliphatic heterocycles. The standard InChI is InChI=1S/C29H25F3N2O/c1-2-3-4-15-35-24-18-33-27(34-19-24)14-12-21-7-5-20(6-8-21)9-10-22-11-13-25-23(16-22)17-26(30)29(32)28(25)31/h5-8,11,13,16-19H,2-4,12,14-15H2,1H3. The number of nitrogens with zero attached hydrogens (tertiary/aromatic N) is 2. The van der Waals surface area contributed by atoms with E-state index in [0.717, 1.165) is 48.7 Å². The summed E-state index contributed by atoms with van der Waals surface area (Å²) in [6.45, 7) is 2.84. The highest BCUT2D eigenvalue weighted by Gasteiger charge is 2.13. The largest absolute Gasteiger partial charge is 0.490 e. The van der Waals surface area contributed by atoms with Crippen LogP contribution >= 0.6 is 0 Å². The van der Waals surface area contributed by atoms with Crippen LogP contribution in [0, 0.1) is 29.3 Å². The van der Waals surface area contributed by atoms with E-state index in [4.69, 9.17) is 4.74 Å².